The summed E-state index contributed by atoms with van der Waals surface area (Å²) in [6.45, 7) is 1.91. The summed E-state index contributed by atoms with van der Waals surface area (Å²) < 4.78 is 38.0. The van der Waals surface area contributed by atoms with E-state index in [-0.39, 0.29) is 23.0 Å². The van der Waals surface area contributed by atoms with E-state index in [1.807, 2.05) is 0 Å². The van der Waals surface area contributed by atoms with Crippen molar-refractivity contribution in [3.63, 3.8) is 0 Å². The van der Waals surface area contributed by atoms with E-state index in [9.17, 15) is 18.0 Å². The molecule has 3 heterocycles. The van der Waals surface area contributed by atoms with Crippen molar-refractivity contribution in [1.82, 2.24) is 15.6 Å². The van der Waals surface area contributed by atoms with Crippen molar-refractivity contribution in [2.24, 2.45) is 0 Å². The highest BCUT2D eigenvalue weighted by Crippen LogP contribution is 2.34. The molecule has 2 aliphatic heterocycles. The van der Waals surface area contributed by atoms with Crippen molar-refractivity contribution in [3.05, 3.63) is 22.8 Å². The Hall–Kier alpha value is -1.54. The van der Waals surface area contributed by atoms with Crippen LogP contribution in [-0.4, -0.2) is 42.6 Å². The van der Waals surface area contributed by atoms with Crippen LogP contribution in [0.15, 0.2) is 12.3 Å². The third-order valence-corrected chi connectivity index (χ3v) is 4.64. The molecule has 0 radical (unpaired) electrons. The van der Waals surface area contributed by atoms with Crippen LogP contribution in [0.5, 0.6) is 0 Å². The largest absolute Gasteiger partial charge is 0.417 e. The van der Waals surface area contributed by atoms with Gasteiger partial charge in [0.05, 0.1) is 16.6 Å². The first-order valence-electron chi connectivity index (χ1n) is 7.86. The summed E-state index contributed by atoms with van der Waals surface area (Å²) in [5, 5.41) is 6.09. The van der Waals surface area contributed by atoms with Gasteiger partial charge in [-0.3, -0.25) is 4.79 Å². The van der Waals surface area contributed by atoms with Crippen LogP contribution >= 0.6 is 11.6 Å². The van der Waals surface area contributed by atoms with Crippen molar-refractivity contribution in [1.29, 1.82) is 0 Å². The zero-order valence-corrected chi connectivity index (χ0v) is 13.6. The molecule has 0 bridgehead atoms. The second kappa shape index (κ2) is 6.76. The lowest BCUT2D eigenvalue weighted by Crippen LogP contribution is -2.46. The van der Waals surface area contributed by atoms with E-state index in [4.69, 9.17) is 11.6 Å². The smallest absolute Gasteiger partial charge is 0.353 e. The van der Waals surface area contributed by atoms with Gasteiger partial charge in [0.25, 0.3) is 0 Å². The van der Waals surface area contributed by atoms with Crippen LogP contribution in [0.25, 0.3) is 0 Å². The zero-order valence-electron chi connectivity index (χ0n) is 12.9. The van der Waals surface area contributed by atoms with Gasteiger partial charge in [-0.05, 0) is 31.9 Å². The van der Waals surface area contributed by atoms with E-state index < -0.39 is 11.7 Å². The molecule has 1 aromatic heterocycles. The van der Waals surface area contributed by atoms with Gasteiger partial charge >= 0.3 is 6.18 Å². The molecule has 2 fully saturated rings. The molecule has 2 saturated heterocycles. The molecule has 1 amide bonds. The zero-order chi connectivity index (χ0) is 17.3. The van der Waals surface area contributed by atoms with Crippen LogP contribution in [-0.2, 0) is 11.0 Å². The minimum atomic E-state index is -4.47. The summed E-state index contributed by atoms with van der Waals surface area (Å²) in [6, 6.07) is 0.685. The van der Waals surface area contributed by atoms with Crippen molar-refractivity contribution >= 4 is 23.3 Å². The lowest BCUT2D eigenvalue weighted by Gasteiger charge is -2.20. The summed E-state index contributed by atoms with van der Waals surface area (Å²) in [5.74, 6) is 0.297. The number of nitrogens with one attached hydrogen (secondary N) is 2. The number of alkyl halides is 3. The molecule has 2 unspecified atom stereocenters. The van der Waals surface area contributed by atoms with Gasteiger partial charge < -0.3 is 15.5 Å². The number of pyridine rings is 1. The molecular formula is C15H18ClF3N4O. The molecule has 2 atom stereocenters. The Bertz CT molecular complexity index is 619. The normalized spacial score (nSPS) is 24.4. The molecule has 0 spiro atoms. The van der Waals surface area contributed by atoms with Gasteiger partial charge in [-0.1, -0.05) is 11.6 Å². The van der Waals surface area contributed by atoms with Gasteiger partial charge in [-0.2, -0.15) is 13.2 Å². The maximum Gasteiger partial charge on any atom is 0.417 e. The monoisotopic (exact) mass is 362 g/mol. The number of rotatable bonds is 3. The predicted octanol–water partition coefficient (Wildman–Crippen LogP) is 2.20. The highest BCUT2D eigenvalue weighted by atomic mass is 35.5. The Morgan fingerprint density at radius 1 is 1.42 bits per heavy atom. The van der Waals surface area contributed by atoms with Crippen molar-refractivity contribution < 1.29 is 18.0 Å². The maximum atomic E-state index is 12.7. The Labute approximate surface area is 142 Å². The highest BCUT2D eigenvalue weighted by molar-refractivity contribution is 6.33. The number of carbonyl (C=O) groups is 1. The van der Waals surface area contributed by atoms with E-state index in [2.05, 4.69) is 15.6 Å². The second-order valence-electron chi connectivity index (χ2n) is 6.12. The van der Waals surface area contributed by atoms with E-state index in [0.717, 1.165) is 31.6 Å². The summed E-state index contributed by atoms with van der Waals surface area (Å²) >= 11 is 5.97. The lowest BCUT2D eigenvalue weighted by atomic mass is 10.2. The van der Waals surface area contributed by atoms with Gasteiger partial charge in [0.1, 0.15) is 5.82 Å². The molecule has 5 nitrogen and oxygen atoms in total. The van der Waals surface area contributed by atoms with Crippen LogP contribution in [0.4, 0.5) is 19.0 Å². The number of aromatic nitrogens is 1. The van der Waals surface area contributed by atoms with Gasteiger partial charge in [0.15, 0.2) is 0 Å². The average Bonchev–Trinajstić information content (AvgIpc) is 3.17. The molecule has 0 aliphatic carbocycles. The molecule has 24 heavy (non-hydrogen) atoms. The number of nitrogens with zero attached hydrogens (tertiary/aromatic N) is 2. The fourth-order valence-corrected chi connectivity index (χ4v) is 3.38. The fourth-order valence-electron chi connectivity index (χ4n) is 3.10. The predicted molar refractivity (Wildman–Crippen MR) is 84.0 cm³/mol. The minimum Gasteiger partial charge on any atom is -0.353 e. The van der Waals surface area contributed by atoms with E-state index >= 15 is 0 Å². The topological polar surface area (TPSA) is 57.3 Å². The molecule has 2 aliphatic rings. The average molecular weight is 363 g/mol. The minimum absolute atomic E-state index is 0.0224. The number of hydrogen-bond donors (Lipinski definition) is 2. The van der Waals surface area contributed by atoms with Crippen LogP contribution in [0.3, 0.4) is 0 Å². The molecule has 132 valence electrons. The Kier molecular flexibility index (Phi) is 4.87. The lowest BCUT2D eigenvalue weighted by molar-refractivity contribution is -0.137. The van der Waals surface area contributed by atoms with Crippen LogP contribution in [0.1, 0.15) is 24.8 Å². The van der Waals surface area contributed by atoms with E-state index in [0.29, 0.717) is 25.3 Å². The standard InChI is InChI=1S/C15H18ClF3N4O/c16-11-6-9(15(17,18)19)7-21-13(11)23-5-3-10(8-23)22-14(24)12-2-1-4-20-12/h6-7,10,12,20H,1-5,8H2,(H,22,24). The van der Waals surface area contributed by atoms with Crippen molar-refractivity contribution in [2.45, 2.75) is 37.5 Å². The molecule has 9 heteroatoms. The fraction of sp³-hybridized carbons (Fsp3) is 0.600. The summed E-state index contributed by atoms with van der Waals surface area (Å²) in [7, 11) is 0. The molecule has 3 rings (SSSR count). The van der Waals surface area contributed by atoms with Crippen LogP contribution in [0.2, 0.25) is 5.02 Å². The molecule has 0 aromatic carbocycles. The molecular weight excluding hydrogens is 345 g/mol. The Morgan fingerprint density at radius 3 is 2.83 bits per heavy atom. The second-order valence-corrected chi connectivity index (χ2v) is 6.52. The first-order chi connectivity index (χ1) is 11.3. The first kappa shape index (κ1) is 17.3. The van der Waals surface area contributed by atoms with Crippen molar-refractivity contribution in [3.8, 4) is 0 Å². The summed E-state index contributed by atoms with van der Waals surface area (Å²) in [6.07, 6.45) is -1.16. The van der Waals surface area contributed by atoms with Gasteiger partial charge in [-0.25, -0.2) is 4.98 Å². The van der Waals surface area contributed by atoms with E-state index in [1.54, 1.807) is 4.90 Å². The Balaban J connectivity index is 1.62. The number of hydrogen-bond acceptors (Lipinski definition) is 4. The number of amides is 1. The molecule has 2 N–H and O–H groups in total. The van der Waals surface area contributed by atoms with Crippen LogP contribution in [0, 0.1) is 0 Å². The molecule has 0 saturated carbocycles. The number of anilines is 1. The SMILES string of the molecule is O=C(NC1CCN(c2ncc(C(F)(F)F)cc2Cl)C1)C1CCCN1. The maximum absolute atomic E-state index is 12.7. The van der Waals surface area contributed by atoms with E-state index in [1.165, 1.54) is 0 Å². The van der Waals surface area contributed by atoms with Gasteiger partial charge in [0, 0.05) is 25.3 Å². The van der Waals surface area contributed by atoms with Crippen molar-refractivity contribution in [2.75, 3.05) is 24.5 Å². The number of carbonyl (C=O) groups excluding carboxylic acids is 1. The van der Waals surface area contributed by atoms with Gasteiger partial charge in [0.2, 0.25) is 5.91 Å². The molecule has 1 aromatic rings. The third kappa shape index (κ3) is 3.75. The summed E-state index contributed by atoms with van der Waals surface area (Å²) in [5.41, 5.74) is -0.868. The first-order valence-corrected chi connectivity index (χ1v) is 8.24. The van der Waals surface area contributed by atoms with Crippen LogP contribution < -0.4 is 15.5 Å². The third-order valence-electron chi connectivity index (χ3n) is 4.36. The summed E-state index contributed by atoms with van der Waals surface area (Å²) in [4.78, 5) is 17.8. The quantitative estimate of drug-likeness (QED) is 0.865. The highest BCUT2D eigenvalue weighted by Gasteiger charge is 2.33. The Morgan fingerprint density at radius 2 is 2.21 bits per heavy atom. The van der Waals surface area contributed by atoms with Gasteiger partial charge in [-0.15, -0.1) is 0 Å². The number of halogens is 4.